The smallest absolute Gasteiger partial charge is 0.258 e. The van der Waals surface area contributed by atoms with Crippen LogP contribution in [-0.4, -0.2) is 44.0 Å². The van der Waals surface area contributed by atoms with Gasteiger partial charge in [0.25, 0.3) is 11.8 Å². The summed E-state index contributed by atoms with van der Waals surface area (Å²) in [5.74, 6) is 1.57. The van der Waals surface area contributed by atoms with Crippen molar-refractivity contribution in [3.63, 3.8) is 0 Å². The van der Waals surface area contributed by atoms with Gasteiger partial charge >= 0.3 is 0 Å². The third kappa shape index (κ3) is 6.17. The molecule has 0 N–H and O–H groups in total. The average molecular weight is 369 g/mol. The predicted molar refractivity (Wildman–Crippen MR) is 101 cm³/mol. The summed E-state index contributed by atoms with van der Waals surface area (Å²) in [5.41, 5.74) is 1.76. The van der Waals surface area contributed by atoms with E-state index in [0.717, 1.165) is 16.9 Å². The van der Waals surface area contributed by atoms with E-state index in [2.05, 4.69) is 5.92 Å². The maximum Gasteiger partial charge on any atom is 0.258 e. The van der Waals surface area contributed by atoms with E-state index in [9.17, 15) is 14.4 Å². The fourth-order valence-electron chi connectivity index (χ4n) is 2.64. The van der Waals surface area contributed by atoms with Crippen LogP contribution in [0.2, 0.25) is 0 Å². The fraction of sp³-hybridized carbons (Fsp3) is 0.381. The topological polar surface area (TPSA) is 72.9 Å². The lowest BCUT2D eigenvalue weighted by Gasteiger charge is -2.16. The molecule has 2 amide bonds. The van der Waals surface area contributed by atoms with Gasteiger partial charge in [0.1, 0.15) is 0 Å². The van der Waals surface area contributed by atoms with Gasteiger partial charge in [-0.3, -0.25) is 14.4 Å². The van der Waals surface area contributed by atoms with Gasteiger partial charge in [0.05, 0.1) is 25.5 Å². The number of aryl methyl sites for hydroxylation is 1. The maximum absolute atomic E-state index is 11.9. The van der Waals surface area contributed by atoms with Crippen LogP contribution in [0.3, 0.4) is 0 Å². The molecule has 0 atom stereocenters. The zero-order chi connectivity index (χ0) is 19.6. The van der Waals surface area contributed by atoms with E-state index < -0.39 is 11.8 Å². The standard InChI is InChI=1S/C21H23NO5/c1-3-4-9-26-11-12-27-10-5-6-17-13-18(16(2)23)15-19(14-17)22-20(24)7-8-21(22)25/h1,7-8,13-15H,4-6,9-12H2,2H3. The number of carbonyl (C=O) groups excluding carboxylic acids is 3. The molecule has 0 saturated heterocycles. The largest absolute Gasteiger partial charge is 0.379 e. The molecule has 1 aromatic carbocycles. The molecule has 0 saturated carbocycles. The number of hydrogen-bond donors (Lipinski definition) is 0. The maximum atomic E-state index is 11.9. The van der Waals surface area contributed by atoms with E-state index in [4.69, 9.17) is 15.9 Å². The molecule has 0 bridgehead atoms. The molecule has 0 aliphatic carbocycles. The second kappa shape index (κ2) is 10.4. The first-order chi connectivity index (χ1) is 13.0. The molecule has 0 radical (unpaired) electrons. The van der Waals surface area contributed by atoms with Crippen LogP contribution < -0.4 is 4.90 Å². The van der Waals surface area contributed by atoms with Crippen molar-refractivity contribution >= 4 is 23.3 Å². The number of ketones is 1. The quantitative estimate of drug-likeness (QED) is 0.259. The first-order valence-corrected chi connectivity index (χ1v) is 8.83. The number of terminal acetylenes is 1. The molecular formula is C21H23NO5. The highest BCUT2D eigenvalue weighted by Gasteiger charge is 2.26. The first-order valence-electron chi connectivity index (χ1n) is 8.83. The molecule has 6 nitrogen and oxygen atoms in total. The Morgan fingerprint density at radius 2 is 1.70 bits per heavy atom. The molecule has 2 rings (SSSR count). The van der Waals surface area contributed by atoms with Crippen LogP contribution in [-0.2, 0) is 25.5 Å². The number of hydrogen-bond acceptors (Lipinski definition) is 5. The molecule has 27 heavy (non-hydrogen) atoms. The third-order valence-corrected chi connectivity index (χ3v) is 3.97. The normalized spacial score (nSPS) is 13.3. The summed E-state index contributed by atoms with van der Waals surface area (Å²) in [6.07, 6.45) is 9.57. The number of Topliss-reactive ketones (excluding diaryl/α,β-unsaturated/α-hetero) is 1. The number of benzene rings is 1. The molecule has 142 valence electrons. The minimum atomic E-state index is -0.403. The van der Waals surface area contributed by atoms with Crippen LogP contribution in [0.15, 0.2) is 30.4 Å². The SMILES string of the molecule is C#CCCOCCOCCCc1cc(C(C)=O)cc(N2C(=O)C=CC2=O)c1. The van der Waals surface area contributed by atoms with Crippen LogP contribution in [0, 0.1) is 12.3 Å². The van der Waals surface area contributed by atoms with Gasteiger partial charge in [0.15, 0.2) is 5.78 Å². The number of rotatable bonds is 11. The summed E-state index contributed by atoms with van der Waals surface area (Å²) in [6, 6.07) is 5.12. The summed E-state index contributed by atoms with van der Waals surface area (Å²) in [6.45, 7) is 3.52. The summed E-state index contributed by atoms with van der Waals surface area (Å²) >= 11 is 0. The Morgan fingerprint density at radius 1 is 1.04 bits per heavy atom. The van der Waals surface area contributed by atoms with Gasteiger partial charge in [0, 0.05) is 30.7 Å². The molecule has 6 heteroatoms. The van der Waals surface area contributed by atoms with Gasteiger partial charge in [-0.2, -0.15) is 0 Å². The lowest BCUT2D eigenvalue weighted by molar-refractivity contribution is -0.119. The van der Waals surface area contributed by atoms with Crippen LogP contribution in [0.25, 0.3) is 0 Å². The van der Waals surface area contributed by atoms with E-state index in [-0.39, 0.29) is 5.78 Å². The van der Waals surface area contributed by atoms with Crippen molar-refractivity contribution in [2.24, 2.45) is 0 Å². The van der Waals surface area contributed by atoms with E-state index >= 15 is 0 Å². The summed E-state index contributed by atoms with van der Waals surface area (Å²) in [7, 11) is 0. The average Bonchev–Trinajstić information content (AvgIpc) is 2.98. The van der Waals surface area contributed by atoms with Gasteiger partial charge in [-0.15, -0.1) is 12.3 Å². The molecule has 1 aliphatic rings. The Balaban J connectivity index is 1.89. The van der Waals surface area contributed by atoms with Crippen molar-refractivity contribution < 1.29 is 23.9 Å². The highest BCUT2D eigenvalue weighted by atomic mass is 16.5. The van der Waals surface area contributed by atoms with Crippen molar-refractivity contribution in [3.05, 3.63) is 41.5 Å². The second-order valence-corrected chi connectivity index (χ2v) is 6.07. The van der Waals surface area contributed by atoms with Crippen molar-refractivity contribution in [3.8, 4) is 12.3 Å². The molecule has 0 unspecified atom stereocenters. The molecular weight excluding hydrogens is 346 g/mol. The van der Waals surface area contributed by atoms with Crippen LogP contribution >= 0.6 is 0 Å². The lowest BCUT2D eigenvalue weighted by atomic mass is 10.0. The third-order valence-electron chi connectivity index (χ3n) is 3.97. The fourth-order valence-corrected chi connectivity index (χ4v) is 2.64. The van der Waals surface area contributed by atoms with E-state index in [1.165, 1.54) is 19.1 Å². The molecule has 0 fully saturated rings. The van der Waals surface area contributed by atoms with Gasteiger partial charge in [-0.05, 0) is 43.5 Å². The van der Waals surface area contributed by atoms with Gasteiger partial charge < -0.3 is 9.47 Å². The van der Waals surface area contributed by atoms with E-state index in [1.54, 1.807) is 18.2 Å². The minimum absolute atomic E-state index is 0.120. The van der Waals surface area contributed by atoms with Gasteiger partial charge in [-0.25, -0.2) is 4.90 Å². The number of amides is 2. The second-order valence-electron chi connectivity index (χ2n) is 6.07. The Hall–Kier alpha value is -2.75. The Kier molecular flexibility index (Phi) is 7.93. The Bertz CT molecular complexity index is 757. The predicted octanol–water partition coefficient (Wildman–Crippen LogP) is 2.31. The van der Waals surface area contributed by atoms with Crippen LogP contribution in [0.4, 0.5) is 5.69 Å². The Labute approximate surface area is 159 Å². The summed E-state index contributed by atoms with van der Waals surface area (Å²) < 4.78 is 10.8. The number of carbonyl (C=O) groups is 3. The first kappa shape index (κ1) is 20.6. The molecule has 0 spiro atoms. The van der Waals surface area contributed by atoms with Crippen molar-refractivity contribution in [1.82, 2.24) is 0 Å². The van der Waals surface area contributed by atoms with Gasteiger partial charge in [0.2, 0.25) is 0 Å². The van der Waals surface area contributed by atoms with Gasteiger partial charge in [-0.1, -0.05) is 0 Å². The van der Waals surface area contributed by atoms with E-state index in [0.29, 0.717) is 50.5 Å². The summed E-state index contributed by atoms with van der Waals surface area (Å²) in [5, 5.41) is 0. The highest BCUT2D eigenvalue weighted by molar-refractivity contribution is 6.28. The number of anilines is 1. The molecule has 1 aromatic rings. The molecule has 1 aliphatic heterocycles. The van der Waals surface area contributed by atoms with Crippen LogP contribution in [0.5, 0.6) is 0 Å². The molecule has 1 heterocycles. The number of nitrogens with zero attached hydrogens (tertiary/aromatic N) is 1. The zero-order valence-electron chi connectivity index (χ0n) is 15.4. The highest BCUT2D eigenvalue weighted by Crippen LogP contribution is 2.24. The summed E-state index contributed by atoms with van der Waals surface area (Å²) in [4.78, 5) is 36.7. The van der Waals surface area contributed by atoms with Crippen molar-refractivity contribution in [2.45, 2.75) is 26.2 Å². The van der Waals surface area contributed by atoms with Crippen molar-refractivity contribution in [1.29, 1.82) is 0 Å². The monoisotopic (exact) mass is 369 g/mol. The van der Waals surface area contributed by atoms with E-state index in [1.807, 2.05) is 0 Å². The van der Waals surface area contributed by atoms with Crippen LogP contribution in [0.1, 0.15) is 35.7 Å². The van der Waals surface area contributed by atoms with Crippen molar-refractivity contribution in [2.75, 3.05) is 31.3 Å². The number of imide groups is 1. The zero-order valence-corrected chi connectivity index (χ0v) is 15.4. The minimum Gasteiger partial charge on any atom is -0.379 e. The molecule has 0 aromatic heterocycles. The number of ether oxygens (including phenoxy) is 2. The Morgan fingerprint density at radius 3 is 2.33 bits per heavy atom. The lowest BCUT2D eigenvalue weighted by Crippen LogP contribution is -2.29.